The van der Waals surface area contributed by atoms with Gasteiger partial charge in [0.1, 0.15) is 0 Å². The Morgan fingerprint density at radius 2 is 1.07 bits per heavy atom. The van der Waals surface area contributed by atoms with Gasteiger partial charge < -0.3 is 10.2 Å². The minimum Gasteiger partial charge on any atom is -0.395 e. The molecule has 182 valence electrons. The maximum atomic E-state index is 9.79. The molecule has 0 rings (SSSR count). The Morgan fingerprint density at radius 3 is 1.63 bits per heavy atom. The molecule has 0 fully saturated rings. The molecule has 0 amide bonds. The van der Waals surface area contributed by atoms with E-state index >= 15 is 0 Å². The van der Waals surface area contributed by atoms with Gasteiger partial charge in [-0.15, -0.1) is 0 Å². The molecule has 0 spiro atoms. The summed E-state index contributed by atoms with van der Waals surface area (Å²) in [4.78, 5) is 0. The smallest absolute Gasteiger partial charge is 0.0558 e. The molecular formula is C18H38O2S10. The van der Waals surface area contributed by atoms with E-state index in [0.29, 0.717) is 10.5 Å². The maximum absolute atomic E-state index is 9.79. The molecule has 2 N–H and O–H groups in total. The minimum atomic E-state index is 0.194. The van der Waals surface area contributed by atoms with Gasteiger partial charge in [-0.05, 0) is 11.5 Å². The molecule has 0 heterocycles. The molecule has 0 aromatic carbocycles. The molecule has 0 aromatic heterocycles. The van der Waals surface area contributed by atoms with E-state index in [1.807, 2.05) is 58.8 Å². The van der Waals surface area contributed by atoms with Crippen LogP contribution in [-0.4, -0.2) is 113 Å². The highest BCUT2D eigenvalue weighted by Gasteiger charge is 2.18. The van der Waals surface area contributed by atoms with Crippen LogP contribution in [0.3, 0.4) is 0 Å². The van der Waals surface area contributed by atoms with Crippen molar-refractivity contribution < 1.29 is 10.2 Å². The van der Waals surface area contributed by atoms with Gasteiger partial charge in [0.05, 0.1) is 13.2 Å². The van der Waals surface area contributed by atoms with E-state index in [0.717, 1.165) is 57.5 Å². The summed E-state index contributed by atoms with van der Waals surface area (Å²) in [5, 5.41) is 20.8. The molecule has 0 saturated heterocycles. The van der Waals surface area contributed by atoms with Gasteiger partial charge in [0.25, 0.3) is 0 Å². The third kappa shape index (κ3) is 19.7. The summed E-state index contributed by atoms with van der Waals surface area (Å²) in [6.07, 6.45) is 0. The van der Waals surface area contributed by atoms with Crippen LogP contribution in [0, 0.1) is 0 Å². The van der Waals surface area contributed by atoms with Gasteiger partial charge in [0.2, 0.25) is 0 Å². The van der Waals surface area contributed by atoms with Crippen molar-refractivity contribution >= 4 is 121 Å². The highest BCUT2D eigenvalue weighted by Crippen LogP contribution is 2.28. The number of rotatable bonds is 23. The minimum absolute atomic E-state index is 0.194. The fourth-order valence-corrected chi connectivity index (χ4v) is 11.3. The van der Waals surface area contributed by atoms with Crippen LogP contribution in [0.25, 0.3) is 0 Å². The lowest BCUT2D eigenvalue weighted by atomic mass is 10.5. The van der Waals surface area contributed by atoms with Crippen molar-refractivity contribution in [2.75, 3.05) is 82.2 Å². The molecule has 2 nitrogen and oxygen atoms in total. The van der Waals surface area contributed by atoms with E-state index in [1.54, 1.807) is 11.8 Å². The fourth-order valence-electron chi connectivity index (χ4n) is 2.17. The van der Waals surface area contributed by atoms with Crippen LogP contribution in [0.1, 0.15) is 0 Å². The summed E-state index contributed by atoms with van der Waals surface area (Å²) in [7, 11) is 0. The third-order valence-electron chi connectivity index (χ3n) is 3.68. The molecule has 0 aliphatic heterocycles. The molecule has 0 aliphatic carbocycles. The van der Waals surface area contributed by atoms with Gasteiger partial charge in [-0.1, -0.05) is 0 Å². The molecule has 0 saturated carbocycles. The number of aliphatic hydroxyl groups is 2. The van der Waals surface area contributed by atoms with Crippen molar-refractivity contribution in [2.24, 2.45) is 0 Å². The number of thiol groups is 4. The largest absolute Gasteiger partial charge is 0.395 e. The Bertz CT molecular complexity index is 357. The SMILES string of the molecule is OCC(CSCC(CO)SC(CS)CSCC(CS)SCCSCCS)SCCS. The summed E-state index contributed by atoms with van der Waals surface area (Å²) in [5.74, 6) is 12.0. The van der Waals surface area contributed by atoms with E-state index in [4.69, 9.17) is 0 Å². The topological polar surface area (TPSA) is 40.5 Å². The Labute approximate surface area is 232 Å². The normalized spacial score (nSPS) is 15.8. The quantitative estimate of drug-likeness (QED) is 0.0748. The van der Waals surface area contributed by atoms with Crippen LogP contribution in [-0.2, 0) is 0 Å². The maximum Gasteiger partial charge on any atom is 0.0558 e. The first kappa shape index (κ1) is 33.4. The zero-order valence-electron chi connectivity index (χ0n) is 17.3. The summed E-state index contributed by atoms with van der Waals surface area (Å²) < 4.78 is 0. The molecule has 12 heteroatoms. The zero-order valence-corrected chi connectivity index (χ0v) is 25.8. The standard InChI is InChI=1S/C18H38O2S10/c19-7-15(28-4-2-22)11-26-12-16(8-20)30-18(10-24)14-27-13-17(9-23)29-6-5-25-3-1-21/h15-24H,1-14H2. The van der Waals surface area contributed by atoms with Gasteiger partial charge in [-0.2, -0.15) is 121 Å². The lowest BCUT2D eigenvalue weighted by Gasteiger charge is -2.22. The first-order valence-electron chi connectivity index (χ1n) is 9.92. The van der Waals surface area contributed by atoms with Crippen molar-refractivity contribution in [3.8, 4) is 0 Å². The first-order valence-corrected chi connectivity index (χ1v) is 18.9. The van der Waals surface area contributed by atoms with E-state index in [1.165, 1.54) is 11.5 Å². The number of hydrogen-bond acceptors (Lipinski definition) is 12. The lowest BCUT2D eigenvalue weighted by molar-refractivity contribution is 0.300. The molecule has 4 atom stereocenters. The molecule has 0 aromatic rings. The van der Waals surface area contributed by atoms with Crippen LogP contribution < -0.4 is 0 Å². The van der Waals surface area contributed by atoms with Crippen LogP contribution in [0.2, 0.25) is 0 Å². The Morgan fingerprint density at radius 1 is 0.533 bits per heavy atom. The van der Waals surface area contributed by atoms with Crippen molar-refractivity contribution in [1.82, 2.24) is 0 Å². The average molecular weight is 607 g/mol. The van der Waals surface area contributed by atoms with Crippen molar-refractivity contribution in [3.63, 3.8) is 0 Å². The van der Waals surface area contributed by atoms with E-state index in [-0.39, 0.29) is 23.7 Å². The first-order chi connectivity index (χ1) is 14.6. The molecule has 30 heavy (non-hydrogen) atoms. The van der Waals surface area contributed by atoms with E-state index in [9.17, 15) is 10.2 Å². The average Bonchev–Trinajstić information content (AvgIpc) is 2.77. The van der Waals surface area contributed by atoms with E-state index < -0.39 is 0 Å². The lowest BCUT2D eigenvalue weighted by Crippen LogP contribution is -2.22. The second kappa shape index (κ2) is 25.5. The highest BCUT2D eigenvalue weighted by atomic mass is 32.2. The van der Waals surface area contributed by atoms with Gasteiger partial charge >= 0.3 is 0 Å². The molecular weight excluding hydrogens is 569 g/mol. The van der Waals surface area contributed by atoms with Crippen LogP contribution in [0.15, 0.2) is 0 Å². The second-order valence-corrected chi connectivity index (χ2v) is 15.7. The number of hydrogen-bond donors (Lipinski definition) is 6. The van der Waals surface area contributed by atoms with Gasteiger partial charge in [-0.25, -0.2) is 0 Å². The van der Waals surface area contributed by atoms with Crippen LogP contribution in [0.4, 0.5) is 0 Å². The molecule has 0 radical (unpaired) electrons. The Balaban J connectivity index is 4.10. The Hall–Kier alpha value is 3.42. The summed E-state index contributed by atoms with van der Waals surface area (Å²) >= 11 is 29.0. The number of aliphatic hydroxyl groups excluding tert-OH is 2. The van der Waals surface area contributed by atoms with Crippen LogP contribution in [0.5, 0.6) is 0 Å². The van der Waals surface area contributed by atoms with E-state index in [2.05, 4.69) is 50.5 Å². The Kier molecular flexibility index (Phi) is 28.4. The third-order valence-corrected chi connectivity index (χ3v) is 14.6. The van der Waals surface area contributed by atoms with Crippen molar-refractivity contribution in [1.29, 1.82) is 0 Å². The highest BCUT2D eigenvalue weighted by molar-refractivity contribution is 8.07. The second-order valence-electron chi connectivity index (χ2n) is 6.23. The summed E-state index contributed by atoms with van der Waals surface area (Å²) in [6.45, 7) is 0.399. The van der Waals surface area contributed by atoms with Crippen LogP contribution >= 0.6 is 121 Å². The molecule has 0 aliphatic rings. The predicted octanol–water partition coefficient (Wildman–Crippen LogP) is 4.56. The van der Waals surface area contributed by atoms with Gasteiger partial charge in [-0.3, -0.25) is 0 Å². The molecule has 4 unspecified atom stereocenters. The van der Waals surface area contributed by atoms with Gasteiger partial charge in [0, 0.05) is 78.5 Å². The predicted molar refractivity (Wildman–Crippen MR) is 169 cm³/mol. The summed E-state index contributed by atoms with van der Waals surface area (Å²) in [5.41, 5.74) is 0. The van der Waals surface area contributed by atoms with Crippen molar-refractivity contribution in [3.05, 3.63) is 0 Å². The monoisotopic (exact) mass is 606 g/mol. The number of thioether (sulfide) groups is 6. The summed E-state index contributed by atoms with van der Waals surface area (Å²) in [6, 6.07) is 0. The van der Waals surface area contributed by atoms with Crippen molar-refractivity contribution in [2.45, 2.75) is 21.0 Å². The fraction of sp³-hybridized carbons (Fsp3) is 1.00. The van der Waals surface area contributed by atoms with Gasteiger partial charge in [0.15, 0.2) is 0 Å². The molecule has 0 bridgehead atoms. The zero-order chi connectivity index (χ0) is 22.5.